The Morgan fingerprint density at radius 3 is 2.73 bits per heavy atom. The number of nitrogens with zero attached hydrogens (tertiary/aromatic N) is 2. The quantitative estimate of drug-likeness (QED) is 0.713. The third kappa shape index (κ3) is 2.29. The lowest BCUT2D eigenvalue weighted by Crippen LogP contribution is -2.20. The van der Waals surface area contributed by atoms with E-state index in [1.54, 1.807) is 0 Å². The molecule has 1 aliphatic heterocycles. The molecule has 0 bridgehead atoms. The molecule has 0 aliphatic carbocycles. The lowest BCUT2D eigenvalue weighted by atomic mass is 10.0. The largest absolute Gasteiger partial charge is 0.439 e. The Hall–Kier alpha value is -2.55. The molecule has 1 unspecified atom stereocenters. The Kier molecular flexibility index (Phi) is 3.19. The van der Waals surface area contributed by atoms with Gasteiger partial charge >= 0.3 is 0 Å². The first kappa shape index (κ1) is 13.1. The van der Waals surface area contributed by atoms with Gasteiger partial charge in [0.05, 0.1) is 12.7 Å². The van der Waals surface area contributed by atoms with Crippen molar-refractivity contribution in [2.24, 2.45) is 0 Å². The van der Waals surface area contributed by atoms with Crippen molar-refractivity contribution in [3.8, 4) is 11.3 Å². The Morgan fingerprint density at radius 2 is 1.86 bits per heavy atom. The molecule has 3 nitrogen and oxygen atoms in total. The first-order valence-electron chi connectivity index (χ1n) is 7.65. The summed E-state index contributed by atoms with van der Waals surface area (Å²) in [6.07, 6.45) is 1.82. The predicted octanol–water partition coefficient (Wildman–Crippen LogP) is 4.47. The summed E-state index contributed by atoms with van der Waals surface area (Å²) in [4.78, 5) is 6.79. The maximum absolute atomic E-state index is 5.93. The van der Waals surface area contributed by atoms with Crippen molar-refractivity contribution >= 4 is 5.69 Å². The van der Waals surface area contributed by atoms with E-state index in [0.717, 1.165) is 23.8 Å². The summed E-state index contributed by atoms with van der Waals surface area (Å²) in [5.41, 5.74) is 3.78. The van der Waals surface area contributed by atoms with Crippen LogP contribution in [0.3, 0.4) is 0 Å². The number of oxazole rings is 1. The van der Waals surface area contributed by atoms with E-state index in [1.807, 2.05) is 36.5 Å². The Morgan fingerprint density at radius 1 is 1.09 bits per heavy atom. The van der Waals surface area contributed by atoms with Crippen molar-refractivity contribution < 1.29 is 4.42 Å². The second kappa shape index (κ2) is 5.34. The van der Waals surface area contributed by atoms with E-state index in [0.29, 0.717) is 12.5 Å². The van der Waals surface area contributed by atoms with Crippen molar-refractivity contribution in [1.82, 2.24) is 4.98 Å². The minimum atomic E-state index is 0.555. The van der Waals surface area contributed by atoms with E-state index in [1.165, 1.54) is 11.3 Å². The number of rotatable bonds is 3. The number of hydrogen-bond donors (Lipinski definition) is 0. The van der Waals surface area contributed by atoms with Crippen molar-refractivity contribution in [1.29, 1.82) is 0 Å². The normalized spacial score (nSPS) is 16.8. The zero-order chi connectivity index (χ0) is 14.9. The molecule has 1 atom stereocenters. The van der Waals surface area contributed by atoms with Crippen LogP contribution >= 0.6 is 0 Å². The van der Waals surface area contributed by atoms with Crippen LogP contribution in [0.25, 0.3) is 11.3 Å². The molecule has 0 saturated carbocycles. The van der Waals surface area contributed by atoms with Crippen LogP contribution in [0.4, 0.5) is 5.69 Å². The highest BCUT2D eigenvalue weighted by molar-refractivity contribution is 5.60. The lowest BCUT2D eigenvalue weighted by molar-refractivity contribution is 0.499. The molecule has 0 radical (unpaired) electrons. The fraction of sp³-hybridized carbons (Fsp3) is 0.211. The Bertz CT molecular complexity index is 779. The fourth-order valence-corrected chi connectivity index (χ4v) is 3.15. The van der Waals surface area contributed by atoms with Crippen molar-refractivity contribution in [3.05, 3.63) is 72.2 Å². The molecular formula is C19H18N2O. The summed E-state index contributed by atoms with van der Waals surface area (Å²) >= 11 is 0. The van der Waals surface area contributed by atoms with E-state index >= 15 is 0 Å². The van der Waals surface area contributed by atoms with Gasteiger partial charge in [0.2, 0.25) is 5.89 Å². The van der Waals surface area contributed by atoms with Crippen LogP contribution in [-0.2, 0) is 6.54 Å². The third-order valence-electron chi connectivity index (χ3n) is 4.24. The molecule has 2 heterocycles. The highest BCUT2D eigenvalue weighted by Gasteiger charge is 2.25. The fourth-order valence-electron chi connectivity index (χ4n) is 3.15. The Balaban J connectivity index is 1.57. The molecule has 1 aromatic heterocycles. The zero-order valence-corrected chi connectivity index (χ0v) is 12.6. The standard InChI is InChI=1S/C19H18N2O/c1-14-12-21(17-10-6-5-9-16(14)17)13-19-20-11-18(22-19)15-7-3-2-4-8-15/h2-11,14H,12-13H2,1H3. The van der Waals surface area contributed by atoms with E-state index in [9.17, 15) is 0 Å². The molecule has 0 fully saturated rings. The lowest BCUT2D eigenvalue weighted by Gasteiger charge is -2.17. The predicted molar refractivity (Wildman–Crippen MR) is 87.8 cm³/mol. The number of anilines is 1. The Labute approximate surface area is 130 Å². The first-order chi connectivity index (χ1) is 10.8. The van der Waals surface area contributed by atoms with Crippen LogP contribution < -0.4 is 4.90 Å². The molecule has 3 heteroatoms. The molecule has 22 heavy (non-hydrogen) atoms. The topological polar surface area (TPSA) is 29.3 Å². The van der Waals surface area contributed by atoms with Crippen LogP contribution in [0, 0.1) is 0 Å². The minimum Gasteiger partial charge on any atom is -0.439 e. The summed E-state index contributed by atoms with van der Waals surface area (Å²) in [5.74, 6) is 2.15. The monoisotopic (exact) mass is 290 g/mol. The van der Waals surface area contributed by atoms with E-state index in [2.05, 4.69) is 41.1 Å². The molecule has 0 spiro atoms. The van der Waals surface area contributed by atoms with E-state index in [4.69, 9.17) is 4.42 Å². The zero-order valence-electron chi connectivity index (χ0n) is 12.6. The van der Waals surface area contributed by atoms with Crippen LogP contribution in [0.5, 0.6) is 0 Å². The van der Waals surface area contributed by atoms with Crippen molar-refractivity contribution in [3.63, 3.8) is 0 Å². The molecule has 110 valence electrons. The van der Waals surface area contributed by atoms with Gasteiger partial charge in [-0.25, -0.2) is 4.98 Å². The van der Waals surface area contributed by atoms with Gasteiger partial charge in [0.1, 0.15) is 0 Å². The summed E-state index contributed by atoms with van der Waals surface area (Å²) in [6.45, 7) is 4.00. The van der Waals surface area contributed by atoms with Crippen molar-refractivity contribution in [2.45, 2.75) is 19.4 Å². The summed E-state index contributed by atoms with van der Waals surface area (Å²) in [6, 6.07) is 18.7. The molecule has 1 aliphatic rings. The van der Waals surface area contributed by atoms with Gasteiger partial charge in [-0.1, -0.05) is 55.5 Å². The molecular weight excluding hydrogens is 272 g/mol. The molecule has 4 rings (SSSR count). The highest BCUT2D eigenvalue weighted by Crippen LogP contribution is 2.36. The average molecular weight is 290 g/mol. The highest BCUT2D eigenvalue weighted by atomic mass is 16.4. The second-order valence-electron chi connectivity index (χ2n) is 5.82. The molecule has 0 N–H and O–H groups in total. The second-order valence-corrected chi connectivity index (χ2v) is 5.82. The van der Waals surface area contributed by atoms with Crippen LogP contribution in [0.1, 0.15) is 24.3 Å². The summed E-state index contributed by atoms with van der Waals surface area (Å²) in [5, 5.41) is 0. The summed E-state index contributed by atoms with van der Waals surface area (Å²) in [7, 11) is 0. The van der Waals surface area contributed by atoms with Gasteiger partial charge in [-0.05, 0) is 11.6 Å². The van der Waals surface area contributed by atoms with Crippen LogP contribution in [-0.4, -0.2) is 11.5 Å². The third-order valence-corrected chi connectivity index (χ3v) is 4.24. The number of hydrogen-bond acceptors (Lipinski definition) is 3. The van der Waals surface area contributed by atoms with Crippen molar-refractivity contribution in [2.75, 3.05) is 11.4 Å². The van der Waals surface area contributed by atoms with Gasteiger partial charge in [0, 0.05) is 23.7 Å². The van der Waals surface area contributed by atoms with Gasteiger partial charge in [-0.15, -0.1) is 0 Å². The van der Waals surface area contributed by atoms with Gasteiger partial charge < -0.3 is 9.32 Å². The molecule has 0 saturated heterocycles. The van der Waals surface area contributed by atoms with Gasteiger partial charge in [0.25, 0.3) is 0 Å². The SMILES string of the molecule is CC1CN(Cc2ncc(-c3ccccc3)o2)c2ccccc21. The van der Waals surface area contributed by atoms with Gasteiger partial charge in [0.15, 0.2) is 5.76 Å². The number of benzene rings is 2. The molecule has 2 aromatic carbocycles. The number of fused-ring (bicyclic) bond motifs is 1. The minimum absolute atomic E-state index is 0.555. The number of para-hydroxylation sites is 1. The average Bonchev–Trinajstić information content (AvgIpc) is 3.15. The summed E-state index contributed by atoms with van der Waals surface area (Å²) < 4.78 is 5.93. The van der Waals surface area contributed by atoms with E-state index < -0.39 is 0 Å². The van der Waals surface area contributed by atoms with Crippen LogP contribution in [0.2, 0.25) is 0 Å². The van der Waals surface area contributed by atoms with Gasteiger partial charge in [-0.3, -0.25) is 0 Å². The molecule has 3 aromatic rings. The maximum atomic E-state index is 5.93. The van der Waals surface area contributed by atoms with Gasteiger partial charge in [-0.2, -0.15) is 0 Å². The number of aromatic nitrogens is 1. The first-order valence-corrected chi connectivity index (χ1v) is 7.65. The molecule has 0 amide bonds. The maximum Gasteiger partial charge on any atom is 0.214 e. The smallest absolute Gasteiger partial charge is 0.214 e. The van der Waals surface area contributed by atoms with E-state index in [-0.39, 0.29) is 0 Å². The van der Waals surface area contributed by atoms with Crippen LogP contribution in [0.15, 0.2) is 65.2 Å².